The fourth-order valence-corrected chi connectivity index (χ4v) is 3.75. The summed E-state index contributed by atoms with van der Waals surface area (Å²) in [5.41, 5.74) is 7.05. The van der Waals surface area contributed by atoms with E-state index in [1.54, 1.807) is 0 Å². The van der Waals surface area contributed by atoms with Crippen molar-refractivity contribution in [3.8, 4) is 0 Å². The SMILES string of the molecule is CC(C)C(c1ccccc1)N(C)C(=O)[C@@H]1CCC[C@@H]1CN. The second-order valence-electron chi connectivity index (χ2n) is 6.58. The highest BCUT2D eigenvalue weighted by Gasteiger charge is 2.36. The van der Waals surface area contributed by atoms with Crippen LogP contribution in [0.4, 0.5) is 0 Å². The molecule has 1 aliphatic carbocycles. The number of amides is 1. The third-order valence-corrected chi connectivity index (χ3v) is 4.82. The Bertz CT molecular complexity index is 458. The van der Waals surface area contributed by atoms with E-state index in [0.717, 1.165) is 19.3 Å². The van der Waals surface area contributed by atoms with Crippen LogP contribution in [0, 0.1) is 17.8 Å². The van der Waals surface area contributed by atoms with Crippen LogP contribution in [-0.2, 0) is 4.79 Å². The van der Waals surface area contributed by atoms with Gasteiger partial charge in [0.15, 0.2) is 0 Å². The highest BCUT2D eigenvalue weighted by atomic mass is 16.2. The summed E-state index contributed by atoms with van der Waals surface area (Å²) in [6.45, 7) is 4.98. The third-order valence-electron chi connectivity index (χ3n) is 4.82. The highest BCUT2D eigenvalue weighted by Crippen LogP contribution is 2.35. The average Bonchev–Trinajstić information content (AvgIpc) is 2.95. The minimum absolute atomic E-state index is 0.116. The van der Waals surface area contributed by atoms with Gasteiger partial charge in [0.2, 0.25) is 5.91 Å². The number of hydrogen-bond donors (Lipinski definition) is 1. The largest absolute Gasteiger partial charge is 0.338 e. The van der Waals surface area contributed by atoms with Crippen LogP contribution in [0.5, 0.6) is 0 Å². The summed E-state index contributed by atoms with van der Waals surface area (Å²) in [6.07, 6.45) is 3.22. The van der Waals surface area contributed by atoms with Crippen LogP contribution in [0.2, 0.25) is 0 Å². The molecule has 1 aliphatic rings. The molecular formula is C18H28N2O. The molecule has 2 N–H and O–H groups in total. The van der Waals surface area contributed by atoms with Crippen molar-refractivity contribution in [1.29, 1.82) is 0 Å². The molecule has 21 heavy (non-hydrogen) atoms. The lowest BCUT2D eigenvalue weighted by Gasteiger charge is -2.34. The predicted octanol–water partition coefficient (Wildman–Crippen LogP) is 3.22. The fourth-order valence-electron chi connectivity index (χ4n) is 3.75. The van der Waals surface area contributed by atoms with Gasteiger partial charge < -0.3 is 10.6 Å². The molecule has 0 aliphatic heterocycles. The van der Waals surface area contributed by atoms with Gasteiger partial charge in [-0.1, -0.05) is 50.6 Å². The van der Waals surface area contributed by atoms with Crippen LogP contribution in [-0.4, -0.2) is 24.4 Å². The molecule has 3 nitrogen and oxygen atoms in total. The second-order valence-corrected chi connectivity index (χ2v) is 6.58. The van der Waals surface area contributed by atoms with E-state index in [0.29, 0.717) is 18.4 Å². The second kappa shape index (κ2) is 7.08. The summed E-state index contributed by atoms with van der Waals surface area (Å²) in [5, 5.41) is 0. The standard InChI is InChI=1S/C18H28N2O/c1-13(2)17(14-8-5-4-6-9-14)20(3)18(21)16-11-7-10-15(16)12-19/h4-6,8-9,13,15-17H,7,10-12,19H2,1-3H3/t15-,16-,17?/m1/s1. The number of carbonyl (C=O) groups excluding carboxylic acids is 1. The van der Waals surface area contributed by atoms with E-state index < -0.39 is 0 Å². The maximum absolute atomic E-state index is 12.9. The Balaban J connectivity index is 2.19. The average molecular weight is 288 g/mol. The van der Waals surface area contributed by atoms with Gasteiger partial charge in [0, 0.05) is 13.0 Å². The first-order valence-electron chi connectivity index (χ1n) is 8.08. The van der Waals surface area contributed by atoms with Gasteiger partial charge in [-0.25, -0.2) is 0 Å². The summed E-state index contributed by atoms with van der Waals surface area (Å²) >= 11 is 0. The molecule has 0 aromatic heterocycles. The van der Waals surface area contributed by atoms with Gasteiger partial charge in [-0.05, 0) is 36.8 Å². The molecule has 0 spiro atoms. The summed E-state index contributed by atoms with van der Waals surface area (Å²) in [7, 11) is 1.95. The van der Waals surface area contributed by atoms with Gasteiger partial charge in [-0.2, -0.15) is 0 Å². The molecule has 116 valence electrons. The normalized spacial score (nSPS) is 23.3. The molecule has 0 radical (unpaired) electrons. The maximum atomic E-state index is 12.9. The Labute approximate surface area is 128 Å². The molecular weight excluding hydrogens is 260 g/mol. The van der Waals surface area contributed by atoms with Crippen molar-refractivity contribution in [2.75, 3.05) is 13.6 Å². The summed E-state index contributed by atoms with van der Waals surface area (Å²) in [5.74, 6) is 1.14. The van der Waals surface area contributed by atoms with Gasteiger partial charge in [0.25, 0.3) is 0 Å². The van der Waals surface area contributed by atoms with Crippen LogP contribution in [0.1, 0.15) is 44.7 Å². The zero-order valence-corrected chi connectivity index (χ0v) is 13.5. The van der Waals surface area contributed by atoms with Crippen LogP contribution in [0.15, 0.2) is 30.3 Å². The van der Waals surface area contributed by atoms with E-state index in [2.05, 4.69) is 26.0 Å². The number of nitrogens with zero attached hydrogens (tertiary/aromatic N) is 1. The molecule has 1 aromatic carbocycles. The first-order chi connectivity index (χ1) is 10.1. The summed E-state index contributed by atoms with van der Waals surface area (Å²) in [4.78, 5) is 14.9. The molecule has 1 amide bonds. The van der Waals surface area contributed by atoms with Crippen molar-refractivity contribution in [2.45, 2.75) is 39.2 Å². The van der Waals surface area contributed by atoms with Crippen molar-refractivity contribution in [3.63, 3.8) is 0 Å². The molecule has 1 aromatic rings. The molecule has 1 fully saturated rings. The van der Waals surface area contributed by atoms with Crippen LogP contribution in [0.25, 0.3) is 0 Å². The number of rotatable bonds is 5. The monoisotopic (exact) mass is 288 g/mol. The minimum Gasteiger partial charge on any atom is -0.338 e. The number of carbonyl (C=O) groups is 1. The molecule has 1 unspecified atom stereocenters. The van der Waals surface area contributed by atoms with Crippen LogP contribution in [0.3, 0.4) is 0 Å². The van der Waals surface area contributed by atoms with Crippen LogP contribution < -0.4 is 5.73 Å². The van der Waals surface area contributed by atoms with Gasteiger partial charge >= 0.3 is 0 Å². The Kier molecular flexibility index (Phi) is 5.40. The van der Waals surface area contributed by atoms with Crippen molar-refractivity contribution >= 4 is 5.91 Å². The molecule has 2 rings (SSSR count). The molecule has 0 bridgehead atoms. The van der Waals surface area contributed by atoms with E-state index in [1.165, 1.54) is 5.56 Å². The molecule has 3 heteroatoms. The van der Waals surface area contributed by atoms with Crippen molar-refractivity contribution in [2.24, 2.45) is 23.5 Å². The summed E-state index contributed by atoms with van der Waals surface area (Å²) < 4.78 is 0. The highest BCUT2D eigenvalue weighted by molar-refractivity contribution is 5.79. The topological polar surface area (TPSA) is 46.3 Å². The van der Waals surface area contributed by atoms with E-state index in [-0.39, 0.29) is 17.9 Å². The van der Waals surface area contributed by atoms with E-state index >= 15 is 0 Å². The number of nitrogens with two attached hydrogens (primary N) is 1. The van der Waals surface area contributed by atoms with Gasteiger partial charge in [-0.15, -0.1) is 0 Å². The maximum Gasteiger partial charge on any atom is 0.226 e. The van der Waals surface area contributed by atoms with E-state index in [4.69, 9.17) is 5.73 Å². The lowest BCUT2D eigenvalue weighted by Crippen LogP contribution is -2.40. The Hall–Kier alpha value is -1.35. The van der Waals surface area contributed by atoms with E-state index in [1.807, 2.05) is 30.1 Å². The zero-order valence-electron chi connectivity index (χ0n) is 13.5. The first kappa shape index (κ1) is 16.0. The van der Waals surface area contributed by atoms with Crippen molar-refractivity contribution < 1.29 is 4.79 Å². The van der Waals surface area contributed by atoms with Gasteiger partial charge in [-0.3, -0.25) is 4.79 Å². The third kappa shape index (κ3) is 3.46. The smallest absolute Gasteiger partial charge is 0.226 e. The van der Waals surface area contributed by atoms with Crippen molar-refractivity contribution in [1.82, 2.24) is 4.90 Å². The Morgan fingerprint density at radius 3 is 2.52 bits per heavy atom. The molecule has 1 saturated carbocycles. The zero-order chi connectivity index (χ0) is 15.4. The lowest BCUT2D eigenvalue weighted by molar-refractivity contribution is -0.138. The fraction of sp³-hybridized carbons (Fsp3) is 0.611. The van der Waals surface area contributed by atoms with Crippen molar-refractivity contribution in [3.05, 3.63) is 35.9 Å². The quantitative estimate of drug-likeness (QED) is 0.904. The molecule has 0 heterocycles. The van der Waals surface area contributed by atoms with Gasteiger partial charge in [0.1, 0.15) is 0 Å². The Morgan fingerprint density at radius 1 is 1.29 bits per heavy atom. The van der Waals surface area contributed by atoms with Gasteiger partial charge in [0.05, 0.1) is 6.04 Å². The molecule has 3 atom stereocenters. The number of hydrogen-bond acceptors (Lipinski definition) is 2. The van der Waals surface area contributed by atoms with E-state index in [9.17, 15) is 4.79 Å². The number of benzene rings is 1. The molecule has 0 saturated heterocycles. The Morgan fingerprint density at radius 2 is 1.95 bits per heavy atom. The lowest BCUT2D eigenvalue weighted by atomic mass is 9.90. The first-order valence-corrected chi connectivity index (χ1v) is 8.08. The van der Waals surface area contributed by atoms with Crippen LogP contribution >= 0.6 is 0 Å². The summed E-state index contributed by atoms with van der Waals surface area (Å²) in [6, 6.07) is 10.5. The predicted molar refractivity (Wildman–Crippen MR) is 86.7 cm³/mol. The minimum atomic E-state index is 0.116.